The highest BCUT2D eigenvalue weighted by Crippen LogP contribution is 2.52. The van der Waals surface area contributed by atoms with Gasteiger partial charge in [-0.1, -0.05) is 17.7 Å². The first-order valence-corrected chi connectivity index (χ1v) is 15.4. The number of fused-ring (bicyclic) bond motifs is 1. The van der Waals surface area contributed by atoms with E-state index in [2.05, 4.69) is 19.9 Å². The molecular formula is C31H29ClF6N8O2. The van der Waals surface area contributed by atoms with Crippen molar-refractivity contribution in [2.24, 2.45) is 0 Å². The molecule has 3 aromatic heterocycles. The number of rotatable bonds is 6. The number of hydrogen-bond donors (Lipinski definition) is 2. The van der Waals surface area contributed by atoms with E-state index in [1.54, 1.807) is 21.9 Å². The van der Waals surface area contributed by atoms with E-state index in [4.69, 9.17) is 32.5 Å². The molecule has 10 nitrogen and oxygen atoms in total. The number of aromatic nitrogens is 4. The maximum atomic E-state index is 16.9. The van der Waals surface area contributed by atoms with E-state index in [-0.39, 0.29) is 59.1 Å². The average molecular weight is 695 g/mol. The molecule has 1 aromatic carbocycles. The zero-order valence-corrected chi connectivity index (χ0v) is 26.4. The molecule has 3 aliphatic heterocycles. The van der Waals surface area contributed by atoms with Crippen molar-refractivity contribution in [2.45, 2.75) is 50.4 Å². The first kappa shape index (κ1) is 32.2. The van der Waals surface area contributed by atoms with E-state index in [1.165, 1.54) is 6.20 Å². The Kier molecular flexibility index (Phi) is 7.47. The second-order valence-electron chi connectivity index (χ2n) is 12.4. The quantitative estimate of drug-likeness (QED) is 0.226. The van der Waals surface area contributed by atoms with Crippen molar-refractivity contribution in [3.05, 3.63) is 52.1 Å². The summed E-state index contributed by atoms with van der Waals surface area (Å²) in [7, 11) is 0. The molecule has 2 saturated heterocycles. The van der Waals surface area contributed by atoms with Gasteiger partial charge in [0, 0.05) is 42.0 Å². The molecule has 2 fully saturated rings. The van der Waals surface area contributed by atoms with Crippen molar-refractivity contribution in [1.29, 1.82) is 0 Å². The summed E-state index contributed by atoms with van der Waals surface area (Å²) in [5.74, 6) is -4.15. The fraction of sp³-hybridized carbons (Fsp3) is 0.419. The maximum absolute atomic E-state index is 16.9. The lowest BCUT2D eigenvalue weighted by Crippen LogP contribution is -2.59. The zero-order valence-electron chi connectivity index (χ0n) is 25.6. The fourth-order valence-electron chi connectivity index (χ4n) is 7.03. The molecule has 4 N–H and O–H groups in total. The minimum absolute atomic E-state index is 0.0145. The van der Waals surface area contributed by atoms with E-state index in [1.807, 2.05) is 6.92 Å². The highest BCUT2D eigenvalue weighted by Gasteiger charge is 2.60. The molecule has 2 atom stereocenters. The molecule has 0 saturated carbocycles. The lowest BCUT2D eigenvalue weighted by atomic mass is 9.85. The number of nitrogens with zero attached hydrogens (tertiary/aromatic N) is 6. The summed E-state index contributed by atoms with van der Waals surface area (Å²) >= 11 is 6.80. The topological polar surface area (TPSA) is 129 Å². The Morgan fingerprint density at radius 3 is 2.56 bits per heavy atom. The number of ether oxygens (including phenoxy) is 2. The Morgan fingerprint density at radius 1 is 1.12 bits per heavy atom. The predicted octanol–water partition coefficient (Wildman–Crippen LogP) is 6.19. The van der Waals surface area contributed by atoms with Gasteiger partial charge in [0.25, 0.3) is 5.92 Å². The number of benzene rings is 1. The molecule has 17 heteroatoms. The average Bonchev–Trinajstić information content (AvgIpc) is 3.12. The lowest BCUT2D eigenvalue weighted by molar-refractivity contribution is -0.138. The van der Waals surface area contributed by atoms with Gasteiger partial charge in [-0.25, -0.2) is 23.1 Å². The molecule has 0 amide bonds. The first-order valence-electron chi connectivity index (χ1n) is 15.0. The van der Waals surface area contributed by atoms with Crippen LogP contribution in [0, 0.1) is 12.7 Å². The molecule has 254 valence electrons. The van der Waals surface area contributed by atoms with Gasteiger partial charge in [-0.05, 0) is 31.9 Å². The van der Waals surface area contributed by atoms with E-state index in [9.17, 15) is 22.0 Å². The van der Waals surface area contributed by atoms with Gasteiger partial charge in [0.05, 0.1) is 40.6 Å². The van der Waals surface area contributed by atoms with Crippen LogP contribution in [0.4, 0.5) is 43.8 Å². The Balaban J connectivity index is 1.44. The Bertz CT molecular complexity index is 1960. The van der Waals surface area contributed by atoms with Gasteiger partial charge >= 0.3 is 12.2 Å². The molecule has 0 bridgehead atoms. The number of nitrogen functional groups attached to an aromatic ring is 2. The van der Waals surface area contributed by atoms with Crippen molar-refractivity contribution >= 4 is 40.0 Å². The van der Waals surface area contributed by atoms with Gasteiger partial charge in [-0.3, -0.25) is 4.90 Å². The molecule has 4 aromatic rings. The van der Waals surface area contributed by atoms with E-state index in [0.717, 1.165) is 6.92 Å². The molecule has 0 unspecified atom stereocenters. The predicted molar refractivity (Wildman–Crippen MR) is 166 cm³/mol. The summed E-state index contributed by atoms with van der Waals surface area (Å²) in [4.78, 5) is 20.2. The molecule has 0 aliphatic carbocycles. The van der Waals surface area contributed by atoms with Gasteiger partial charge in [0.1, 0.15) is 36.2 Å². The number of hydrogen-bond acceptors (Lipinski definition) is 10. The van der Waals surface area contributed by atoms with E-state index >= 15 is 4.39 Å². The van der Waals surface area contributed by atoms with Crippen molar-refractivity contribution in [1.82, 2.24) is 24.8 Å². The van der Waals surface area contributed by atoms with Crippen LogP contribution in [-0.4, -0.2) is 69.1 Å². The lowest BCUT2D eigenvalue weighted by Gasteiger charge is -2.46. The summed E-state index contributed by atoms with van der Waals surface area (Å²) in [5.41, 5.74) is 9.12. The third kappa shape index (κ3) is 5.07. The van der Waals surface area contributed by atoms with Crippen molar-refractivity contribution in [3.8, 4) is 22.9 Å². The number of nitrogens with two attached hydrogens (primary N) is 2. The third-order valence-corrected chi connectivity index (χ3v) is 9.86. The molecule has 0 radical (unpaired) electrons. The SMILES string of the molecule is Cc1c(C(F)(F)F)cnc(N)c1-c1c(Cl)c2c3c(nc(OC[C@]45CCN4CC(F)(F)C5)nc3c1F)N([C@H](C)c1cccnc1N)CCO2. The Labute approximate surface area is 275 Å². The Hall–Kier alpha value is -4.31. The summed E-state index contributed by atoms with van der Waals surface area (Å²) in [6.45, 7) is 2.98. The standard InChI is InChI=1S/C31H29ClF6N8O2/c1-14-17(31(36,37)38)10-42-26(40)18(14)19-21(32)24-20-23(22(19)33)43-28(48-13-29-5-7-45(29)12-30(34,35)11-29)44-27(20)46(8-9-47-24)15(2)16-4-3-6-41-25(16)39/h3-4,6,10,15H,5,7-9,11-13H2,1-2H3,(H2,39,41)(H2,40,42)/t15-,29-/m1/s1. The van der Waals surface area contributed by atoms with Gasteiger partial charge in [0.2, 0.25) is 0 Å². The van der Waals surface area contributed by atoms with Gasteiger partial charge in [-0.2, -0.15) is 23.1 Å². The zero-order chi connectivity index (χ0) is 34.3. The summed E-state index contributed by atoms with van der Waals surface area (Å²) in [5, 5.41) is -0.338. The van der Waals surface area contributed by atoms with Gasteiger partial charge in [-0.15, -0.1) is 0 Å². The number of alkyl halides is 5. The highest BCUT2D eigenvalue weighted by molar-refractivity contribution is 6.37. The van der Waals surface area contributed by atoms with Crippen LogP contribution >= 0.6 is 11.6 Å². The smallest absolute Gasteiger partial charge is 0.418 e. The fourth-order valence-corrected chi connectivity index (χ4v) is 7.36. The minimum atomic E-state index is -4.82. The Morgan fingerprint density at radius 2 is 1.90 bits per heavy atom. The molecule has 3 aliphatic rings. The number of halogens is 7. The van der Waals surface area contributed by atoms with Crippen LogP contribution in [0.25, 0.3) is 22.0 Å². The normalized spacial score (nSPS) is 21.0. The summed E-state index contributed by atoms with van der Waals surface area (Å²) in [6, 6.07) is 2.62. The molecular weight excluding hydrogens is 666 g/mol. The van der Waals surface area contributed by atoms with Crippen molar-refractivity contribution < 1.29 is 35.8 Å². The van der Waals surface area contributed by atoms with Crippen molar-refractivity contribution in [3.63, 3.8) is 0 Å². The minimum Gasteiger partial charge on any atom is -0.489 e. The number of anilines is 3. The van der Waals surface area contributed by atoms with Crippen LogP contribution in [-0.2, 0) is 6.18 Å². The van der Waals surface area contributed by atoms with Crippen LogP contribution in [0.2, 0.25) is 5.02 Å². The molecule has 0 spiro atoms. The second-order valence-corrected chi connectivity index (χ2v) is 12.7. The second kappa shape index (κ2) is 11.1. The molecule has 7 rings (SSSR count). The van der Waals surface area contributed by atoms with Crippen LogP contribution in [0.3, 0.4) is 0 Å². The van der Waals surface area contributed by atoms with Crippen molar-refractivity contribution in [2.75, 3.05) is 49.2 Å². The van der Waals surface area contributed by atoms with Crippen LogP contribution in [0.15, 0.2) is 24.5 Å². The van der Waals surface area contributed by atoms with Crippen LogP contribution in [0.5, 0.6) is 11.8 Å². The highest BCUT2D eigenvalue weighted by atomic mass is 35.5. The first-order chi connectivity index (χ1) is 22.6. The summed E-state index contributed by atoms with van der Waals surface area (Å²) < 4.78 is 99.4. The van der Waals surface area contributed by atoms with Gasteiger partial charge < -0.3 is 25.8 Å². The van der Waals surface area contributed by atoms with Gasteiger partial charge in [0.15, 0.2) is 11.6 Å². The van der Waals surface area contributed by atoms with Crippen LogP contribution in [0.1, 0.15) is 42.5 Å². The molecule has 48 heavy (non-hydrogen) atoms. The monoisotopic (exact) mass is 694 g/mol. The third-order valence-electron chi connectivity index (χ3n) is 9.50. The maximum Gasteiger partial charge on any atom is 0.418 e. The summed E-state index contributed by atoms with van der Waals surface area (Å²) in [6.07, 6.45) is -2.69. The number of pyridine rings is 2. The van der Waals surface area contributed by atoms with Crippen LogP contribution < -0.4 is 25.8 Å². The largest absolute Gasteiger partial charge is 0.489 e. The van der Waals surface area contributed by atoms with E-state index in [0.29, 0.717) is 24.7 Å². The molecule has 6 heterocycles. The van der Waals surface area contributed by atoms with E-state index < -0.39 is 70.5 Å².